The maximum atomic E-state index is 15.1. The fraction of sp³-hybridized carbons (Fsp3) is 0.441. The van der Waals surface area contributed by atoms with Crippen LogP contribution in [0.15, 0.2) is 48.5 Å². The number of para-hydroxylation sites is 1. The van der Waals surface area contributed by atoms with E-state index in [0.717, 1.165) is 47.2 Å². The topological polar surface area (TPSA) is 107 Å². The van der Waals surface area contributed by atoms with Gasteiger partial charge >= 0.3 is 0 Å². The van der Waals surface area contributed by atoms with Gasteiger partial charge in [0.15, 0.2) is 0 Å². The van der Waals surface area contributed by atoms with Gasteiger partial charge in [-0.1, -0.05) is 24.3 Å². The molecule has 44 heavy (non-hydrogen) atoms. The number of hydrogen-bond donors (Lipinski definition) is 2. The van der Waals surface area contributed by atoms with Crippen molar-refractivity contribution in [2.24, 2.45) is 12.8 Å². The second-order valence-electron chi connectivity index (χ2n) is 11.9. The number of benzene rings is 2. The molecule has 2 unspecified atom stereocenters. The summed E-state index contributed by atoms with van der Waals surface area (Å²) >= 11 is 0. The molecular weight excluding hydrogens is 559 g/mol. The number of carbonyl (C=O) groups is 2. The van der Waals surface area contributed by atoms with Crippen LogP contribution in [-0.4, -0.2) is 63.9 Å². The molecule has 2 aromatic heterocycles. The van der Waals surface area contributed by atoms with Gasteiger partial charge in [0.1, 0.15) is 11.5 Å². The van der Waals surface area contributed by atoms with E-state index in [0.29, 0.717) is 49.6 Å². The lowest BCUT2D eigenvalue weighted by atomic mass is 9.91. The number of piperidine rings is 1. The van der Waals surface area contributed by atoms with Gasteiger partial charge in [-0.25, -0.2) is 4.39 Å². The predicted molar refractivity (Wildman–Crippen MR) is 170 cm³/mol. The highest BCUT2D eigenvalue weighted by Crippen LogP contribution is 2.37. The molecule has 0 aliphatic carbocycles. The van der Waals surface area contributed by atoms with Crippen LogP contribution in [0.4, 0.5) is 10.1 Å². The van der Waals surface area contributed by atoms with E-state index < -0.39 is 0 Å². The summed E-state index contributed by atoms with van der Waals surface area (Å²) in [5.74, 6) is -0.277. The highest BCUT2D eigenvalue weighted by Gasteiger charge is 2.30. The largest absolute Gasteiger partial charge is 0.385 e. The van der Waals surface area contributed by atoms with Crippen molar-refractivity contribution in [1.82, 2.24) is 19.2 Å². The van der Waals surface area contributed by atoms with Gasteiger partial charge in [0.05, 0.1) is 11.2 Å². The summed E-state index contributed by atoms with van der Waals surface area (Å²) in [5.41, 5.74) is 12.3. The van der Waals surface area contributed by atoms with Gasteiger partial charge in [-0.2, -0.15) is 5.10 Å². The first kappa shape index (κ1) is 31.4. The molecule has 1 saturated heterocycles. The quantitative estimate of drug-likeness (QED) is 0.233. The summed E-state index contributed by atoms with van der Waals surface area (Å²) in [7, 11) is 3.42. The first-order valence-corrected chi connectivity index (χ1v) is 15.4. The minimum absolute atomic E-state index is 0.0448. The first-order valence-electron chi connectivity index (χ1n) is 15.4. The molecule has 10 heteroatoms. The molecule has 2 atom stereocenters. The highest BCUT2D eigenvalue weighted by atomic mass is 19.1. The number of carbonyl (C=O) groups excluding carboxylic acids is 2. The lowest BCUT2D eigenvalue weighted by Gasteiger charge is -2.34. The summed E-state index contributed by atoms with van der Waals surface area (Å²) < 4.78 is 24.0. The van der Waals surface area contributed by atoms with Gasteiger partial charge in [0.2, 0.25) is 5.91 Å². The lowest BCUT2D eigenvalue weighted by Crippen LogP contribution is -2.42. The molecule has 0 bridgehead atoms. The number of anilines is 1. The van der Waals surface area contributed by atoms with Crippen LogP contribution in [0.3, 0.4) is 0 Å². The van der Waals surface area contributed by atoms with Gasteiger partial charge in [0.25, 0.3) is 5.91 Å². The summed E-state index contributed by atoms with van der Waals surface area (Å²) in [6.07, 6.45) is 3.41. The standard InChI is InChI=1S/C34H43FN6O3/c1-22-18-30(39(3)38-22)34(43)37-27-13-11-24(12-14-27)19-26(36)20-31(42)40-15-6-8-25(21-40)32-23(2)28-9-5-10-29(35)33(28)41(32)16-7-17-44-4/h5,9-14,18,25-26H,6-8,15-17,19-21,36H2,1-4H3,(H,37,43). The first-order chi connectivity index (χ1) is 21.2. The molecule has 5 rings (SSSR count). The van der Waals surface area contributed by atoms with E-state index in [4.69, 9.17) is 10.5 Å². The molecule has 0 radical (unpaired) electrons. The number of ether oxygens (including phenoxy) is 1. The average molecular weight is 603 g/mol. The Morgan fingerprint density at radius 1 is 1.18 bits per heavy atom. The van der Waals surface area contributed by atoms with Crippen molar-refractivity contribution in [1.29, 1.82) is 0 Å². The summed E-state index contributed by atoms with van der Waals surface area (Å²) in [6, 6.07) is 14.2. The summed E-state index contributed by atoms with van der Waals surface area (Å²) in [4.78, 5) is 28.0. The third-order valence-electron chi connectivity index (χ3n) is 8.61. The fourth-order valence-corrected chi connectivity index (χ4v) is 6.58. The van der Waals surface area contributed by atoms with Crippen LogP contribution in [0.5, 0.6) is 0 Å². The zero-order chi connectivity index (χ0) is 31.4. The van der Waals surface area contributed by atoms with Crippen LogP contribution in [0.25, 0.3) is 10.9 Å². The van der Waals surface area contributed by atoms with Crippen molar-refractivity contribution in [3.8, 4) is 0 Å². The molecule has 1 aliphatic rings. The zero-order valence-electron chi connectivity index (χ0n) is 26.1. The van der Waals surface area contributed by atoms with E-state index in [1.165, 1.54) is 6.07 Å². The molecule has 2 aromatic carbocycles. The number of aromatic nitrogens is 3. The summed E-state index contributed by atoms with van der Waals surface area (Å²) in [5, 5.41) is 8.05. The Balaban J connectivity index is 1.21. The Morgan fingerprint density at radius 2 is 1.95 bits per heavy atom. The Morgan fingerprint density at radius 3 is 2.66 bits per heavy atom. The number of nitrogens with one attached hydrogen (secondary N) is 1. The second kappa shape index (κ2) is 13.7. The van der Waals surface area contributed by atoms with Crippen molar-refractivity contribution < 1.29 is 18.7 Å². The molecule has 0 spiro atoms. The van der Waals surface area contributed by atoms with Crippen LogP contribution < -0.4 is 11.1 Å². The third-order valence-corrected chi connectivity index (χ3v) is 8.61. The van der Waals surface area contributed by atoms with E-state index in [-0.39, 0.29) is 36.0 Å². The predicted octanol–water partition coefficient (Wildman–Crippen LogP) is 5.09. The Bertz CT molecular complexity index is 1630. The minimum atomic E-state index is -0.336. The van der Waals surface area contributed by atoms with Crippen molar-refractivity contribution in [3.05, 3.63) is 82.6 Å². The van der Waals surface area contributed by atoms with E-state index in [2.05, 4.69) is 21.9 Å². The summed E-state index contributed by atoms with van der Waals surface area (Å²) in [6.45, 7) is 6.47. The van der Waals surface area contributed by atoms with E-state index in [1.54, 1.807) is 31.0 Å². The molecule has 9 nitrogen and oxygen atoms in total. The number of rotatable bonds is 11. The number of hydrogen-bond acceptors (Lipinski definition) is 5. The average Bonchev–Trinajstić information content (AvgIpc) is 3.49. The van der Waals surface area contributed by atoms with Crippen molar-refractivity contribution in [3.63, 3.8) is 0 Å². The molecule has 3 N–H and O–H groups in total. The molecule has 4 aromatic rings. The van der Waals surface area contributed by atoms with Crippen LogP contribution in [0, 0.1) is 19.7 Å². The number of fused-ring (bicyclic) bond motifs is 1. The fourth-order valence-electron chi connectivity index (χ4n) is 6.58. The number of likely N-dealkylation sites (tertiary alicyclic amines) is 1. The van der Waals surface area contributed by atoms with Crippen LogP contribution in [-0.2, 0) is 29.5 Å². The van der Waals surface area contributed by atoms with Crippen molar-refractivity contribution >= 4 is 28.4 Å². The number of amides is 2. The number of nitrogens with zero attached hydrogens (tertiary/aromatic N) is 4. The third kappa shape index (κ3) is 6.87. The number of nitrogens with two attached hydrogens (primary N) is 1. The Hall–Kier alpha value is -4.02. The number of aryl methyl sites for hydroxylation is 4. The van der Waals surface area contributed by atoms with Gasteiger partial charge in [0, 0.05) is 75.5 Å². The smallest absolute Gasteiger partial charge is 0.273 e. The van der Waals surface area contributed by atoms with Crippen LogP contribution in [0.1, 0.15) is 64.6 Å². The van der Waals surface area contributed by atoms with Crippen LogP contribution in [0.2, 0.25) is 0 Å². The molecule has 3 heterocycles. The van der Waals surface area contributed by atoms with Crippen molar-refractivity contribution in [2.45, 2.75) is 64.5 Å². The maximum Gasteiger partial charge on any atom is 0.273 e. The van der Waals surface area contributed by atoms with Gasteiger partial charge < -0.3 is 25.3 Å². The molecule has 1 aliphatic heterocycles. The van der Waals surface area contributed by atoms with Gasteiger partial charge in [-0.15, -0.1) is 0 Å². The molecule has 0 saturated carbocycles. The zero-order valence-corrected chi connectivity index (χ0v) is 26.1. The van der Waals surface area contributed by atoms with Gasteiger partial charge in [-0.3, -0.25) is 14.3 Å². The van der Waals surface area contributed by atoms with Crippen LogP contribution >= 0.6 is 0 Å². The normalized spacial score (nSPS) is 16.0. The van der Waals surface area contributed by atoms with E-state index in [9.17, 15) is 9.59 Å². The monoisotopic (exact) mass is 602 g/mol. The van der Waals surface area contributed by atoms with Gasteiger partial charge in [-0.05, 0) is 74.9 Å². The highest BCUT2D eigenvalue weighted by molar-refractivity contribution is 6.03. The van der Waals surface area contributed by atoms with Crippen molar-refractivity contribution in [2.75, 3.05) is 32.1 Å². The molecule has 2 amide bonds. The number of methoxy groups -OCH3 is 1. The molecule has 1 fully saturated rings. The second-order valence-corrected chi connectivity index (χ2v) is 11.9. The lowest BCUT2D eigenvalue weighted by molar-refractivity contribution is -0.132. The Labute approximate surface area is 258 Å². The van der Waals surface area contributed by atoms with E-state index >= 15 is 4.39 Å². The SMILES string of the molecule is COCCCn1c(C2CCCN(C(=O)CC(N)Cc3ccc(NC(=O)c4cc(C)nn4C)cc3)C2)c(C)c2cccc(F)c21. The van der Waals surface area contributed by atoms with E-state index in [1.807, 2.05) is 42.2 Å². The Kier molecular flexibility index (Phi) is 9.80. The molecular formula is C34H43FN6O3. The maximum absolute atomic E-state index is 15.1. The minimum Gasteiger partial charge on any atom is -0.385 e. The molecule has 234 valence electrons. The number of halogens is 1.